The van der Waals surface area contributed by atoms with Crippen LogP contribution < -0.4 is 5.32 Å². The van der Waals surface area contributed by atoms with E-state index in [4.69, 9.17) is 0 Å². The number of carbonyl (C=O) groups excluding carboxylic acids is 3. The van der Waals surface area contributed by atoms with Gasteiger partial charge in [0.1, 0.15) is 0 Å². The Morgan fingerprint density at radius 1 is 1.05 bits per heavy atom. The number of hydrogen-bond donors (Lipinski definition) is 1. The summed E-state index contributed by atoms with van der Waals surface area (Å²) < 4.78 is 0. The van der Waals surface area contributed by atoms with Gasteiger partial charge in [-0.05, 0) is 73.1 Å². The number of nitrogens with one attached hydrogen (secondary N) is 1. The second kappa shape index (κ2) is 12.1. The van der Waals surface area contributed by atoms with Gasteiger partial charge in [-0.2, -0.15) is 4.80 Å². The first kappa shape index (κ1) is 28.2. The third-order valence-corrected chi connectivity index (χ3v) is 9.02. The summed E-state index contributed by atoms with van der Waals surface area (Å²) >= 11 is 0. The number of benzene rings is 1. The van der Waals surface area contributed by atoms with Crippen LogP contribution in [0.1, 0.15) is 76.1 Å². The molecule has 10 heteroatoms. The van der Waals surface area contributed by atoms with Gasteiger partial charge < -0.3 is 15.1 Å². The quantitative estimate of drug-likeness (QED) is 0.629. The zero-order valence-corrected chi connectivity index (χ0v) is 24.3. The van der Waals surface area contributed by atoms with Crippen LogP contribution in [0.3, 0.4) is 0 Å². The van der Waals surface area contributed by atoms with E-state index in [1.54, 1.807) is 7.05 Å². The molecule has 2 bridgehead atoms. The summed E-state index contributed by atoms with van der Waals surface area (Å²) in [6.07, 6.45) is 5.40. The molecule has 0 saturated carbocycles. The van der Waals surface area contributed by atoms with Crippen molar-refractivity contribution < 1.29 is 14.4 Å². The van der Waals surface area contributed by atoms with Crippen LogP contribution >= 0.6 is 0 Å². The Morgan fingerprint density at radius 2 is 1.82 bits per heavy atom. The highest BCUT2D eigenvalue weighted by Gasteiger charge is 2.43. The molecule has 3 fully saturated rings. The maximum absolute atomic E-state index is 13.6. The summed E-state index contributed by atoms with van der Waals surface area (Å²) in [5, 5.41) is 15.4. The topological polar surface area (TPSA) is 113 Å². The molecule has 0 radical (unpaired) electrons. The molecule has 216 valence electrons. The first-order valence-electron chi connectivity index (χ1n) is 14.9. The molecule has 3 aliphatic rings. The number of rotatable bonds is 3. The average Bonchev–Trinajstić information content (AvgIpc) is 3.37. The van der Waals surface area contributed by atoms with E-state index in [1.165, 1.54) is 4.80 Å². The first-order chi connectivity index (χ1) is 19.2. The van der Waals surface area contributed by atoms with Crippen LogP contribution in [-0.2, 0) is 16.6 Å². The summed E-state index contributed by atoms with van der Waals surface area (Å²) in [7, 11) is 1.72. The molecule has 3 aliphatic heterocycles. The van der Waals surface area contributed by atoms with Crippen LogP contribution in [-0.4, -0.2) is 79.4 Å². The Balaban J connectivity index is 1.29. The largest absolute Gasteiger partial charge is 0.353 e. The molecule has 4 heterocycles. The zero-order chi connectivity index (χ0) is 28.4. The van der Waals surface area contributed by atoms with E-state index in [0.717, 1.165) is 37.7 Å². The van der Waals surface area contributed by atoms with Gasteiger partial charge in [0.05, 0.1) is 7.05 Å². The molecule has 10 nitrogen and oxygen atoms in total. The van der Waals surface area contributed by atoms with Gasteiger partial charge >= 0.3 is 0 Å². The summed E-state index contributed by atoms with van der Waals surface area (Å²) in [4.78, 5) is 45.5. The minimum atomic E-state index is 0.0190. The summed E-state index contributed by atoms with van der Waals surface area (Å²) in [6.45, 7) is 8.44. The number of carbonyl (C=O) groups is 3. The standard InChI is InChI=1S/C30H43N7O3/c1-19(2)25-13-8-20(3)14-28(39)37-17-21-15-24(26(37)6-5-7-27(38)31-25)18-36(16-21)30(40)23-11-9-22(10-12-23)29-32-34-35(4)33-29/h9-12,19-21,24-26H,5-8,13-18H2,1-4H3,(H,31,38)/t20-,21+,24-,25+,26+/m1/s1. The van der Waals surface area contributed by atoms with Crippen molar-refractivity contribution >= 4 is 17.7 Å². The van der Waals surface area contributed by atoms with E-state index in [1.807, 2.05) is 29.2 Å². The lowest BCUT2D eigenvalue weighted by molar-refractivity contribution is -0.141. The number of amides is 3. The molecule has 5 atom stereocenters. The van der Waals surface area contributed by atoms with Crippen molar-refractivity contribution in [2.75, 3.05) is 19.6 Å². The molecule has 3 saturated heterocycles. The van der Waals surface area contributed by atoms with Gasteiger partial charge in [-0.3, -0.25) is 14.4 Å². The van der Waals surface area contributed by atoms with Gasteiger partial charge in [0.15, 0.2) is 0 Å². The van der Waals surface area contributed by atoms with E-state index >= 15 is 0 Å². The molecule has 1 aromatic heterocycles. The van der Waals surface area contributed by atoms with Crippen molar-refractivity contribution in [1.82, 2.24) is 35.3 Å². The Hall–Kier alpha value is -3.30. The average molecular weight is 550 g/mol. The number of nitrogens with zero attached hydrogens (tertiary/aromatic N) is 6. The summed E-state index contributed by atoms with van der Waals surface area (Å²) in [5.74, 6) is 2.02. The lowest BCUT2D eigenvalue weighted by atomic mass is 9.77. The van der Waals surface area contributed by atoms with Gasteiger partial charge in [-0.25, -0.2) is 0 Å². The van der Waals surface area contributed by atoms with E-state index in [0.29, 0.717) is 49.8 Å². The molecule has 5 rings (SSSR count). The van der Waals surface area contributed by atoms with Crippen LogP contribution in [0.4, 0.5) is 0 Å². The highest BCUT2D eigenvalue weighted by atomic mass is 16.2. The van der Waals surface area contributed by atoms with Crippen molar-refractivity contribution in [1.29, 1.82) is 0 Å². The SMILES string of the molecule is CC(C)[C@@H]1CC[C@@H](C)CC(=O)N2C[C@H]3C[C@H](CN(C(=O)c4ccc(-c5nnn(C)n5)cc4)C3)[C@@H]2CCCC(=O)N1. The number of tetrazole rings is 1. The highest BCUT2D eigenvalue weighted by Crippen LogP contribution is 2.37. The van der Waals surface area contributed by atoms with E-state index in [9.17, 15) is 14.4 Å². The van der Waals surface area contributed by atoms with Crippen molar-refractivity contribution in [2.24, 2.45) is 30.7 Å². The predicted molar refractivity (Wildman–Crippen MR) is 151 cm³/mol. The summed E-state index contributed by atoms with van der Waals surface area (Å²) in [6, 6.07) is 7.60. The molecule has 0 unspecified atom stereocenters. The molecule has 1 N–H and O–H groups in total. The molecule has 1 aromatic carbocycles. The van der Waals surface area contributed by atoms with Crippen molar-refractivity contribution in [3.8, 4) is 11.4 Å². The number of aromatic nitrogens is 4. The fourth-order valence-electron chi connectivity index (χ4n) is 6.82. The van der Waals surface area contributed by atoms with Gasteiger partial charge in [-0.1, -0.05) is 32.9 Å². The Morgan fingerprint density at radius 3 is 2.52 bits per heavy atom. The maximum atomic E-state index is 13.6. The van der Waals surface area contributed by atoms with Crippen LogP contribution in [0.15, 0.2) is 24.3 Å². The maximum Gasteiger partial charge on any atom is 0.253 e. The molecular weight excluding hydrogens is 506 g/mol. The molecule has 3 amide bonds. The first-order valence-corrected chi connectivity index (χ1v) is 14.9. The van der Waals surface area contributed by atoms with Crippen molar-refractivity contribution in [3.05, 3.63) is 29.8 Å². The number of hydrogen-bond acceptors (Lipinski definition) is 6. The van der Waals surface area contributed by atoms with Gasteiger partial charge in [0, 0.05) is 55.7 Å². The zero-order valence-electron chi connectivity index (χ0n) is 24.3. The molecule has 40 heavy (non-hydrogen) atoms. The molecule has 0 spiro atoms. The second-order valence-corrected chi connectivity index (χ2v) is 12.6. The minimum Gasteiger partial charge on any atom is -0.353 e. The van der Waals surface area contributed by atoms with Gasteiger partial charge in [-0.15, -0.1) is 10.2 Å². The normalized spacial score (nSPS) is 28.3. The number of fused-ring (bicyclic) bond motifs is 4. The van der Waals surface area contributed by atoms with Crippen LogP contribution in [0.25, 0.3) is 11.4 Å². The molecular formula is C30H43N7O3. The van der Waals surface area contributed by atoms with Crippen LogP contribution in [0, 0.1) is 23.7 Å². The van der Waals surface area contributed by atoms with E-state index < -0.39 is 0 Å². The van der Waals surface area contributed by atoms with Gasteiger partial charge in [0.25, 0.3) is 5.91 Å². The van der Waals surface area contributed by atoms with E-state index in [2.05, 4.69) is 46.4 Å². The highest BCUT2D eigenvalue weighted by molar-refractivity contribution is 5.94. The Kier molecular flexibility index (Phi) is 8.51. The van der Waals surface area contributed by atoms with Crippen LogP contribution in [0.5, 0.6) is 0 Å². The lowest BCUT2D eigenvalue weighted by Crippen LogP contribution is -2.60. The molecule has 0 aliphatic carbocycles. The minimum absolute atomic E-state index is 0.0190. The monoisotopic (exact) mass is 549 g/mol. The fourth-order valence-corrected chi connectivity index (χ4v) is 6.82. The van der Waals surface area contributed by atoms with Gasteiger partial charge in [0.2, 0.25) is 17.6 Å². The smallest absolute Gasteiger partial charge is 0.253 e. The Labute approximate surface area is 236 Å². The number of aryl methyl sites for hydroxylation is 1. The third-order valence-electron chi connectivity index (χ3n) is 9.02. The van der Waals surface area contributed by atoms with E-state index in [-0.39, 0.29) is 47.6 Å². The third kappa shape index (κ3) is 6.36. The summed E-state index contributed by atoms with van der Waals surface area (Å²) in [5.41, 5.74) is 1.46. The van der Waals surface area contributed by atoms with Crippen molar-refractivity contribution in [3.63, 3.8) is 0 Å². The predicted octanol–water partition coefficient (Wildman–Crippen LogP) is 3.30. The molecule has 2 aromatic rings. The second-order valence-electron chi connectivity index (χ2n) is 12.6. The van der Waals surface area contributed by atoms with Crippen molar-refractivity contribution in [2.45, 2.75) is 77.8 Å². The Bertz CT molecular complexity index is 1210. The number of piperidine rings is 2. The lowest BCUT2D eigenvalue weighted by Gasteiger charge is -2.51. The number of likely N-dealkylation sites (tertiary alicyclic amines) is 1. The van der Waals surface area contributed by atoms with Crippen LogP contribution in [0.2, 0.25) is 0 Å². The fraction of sp³-hybridized carbons (Fsp3) is 0.667.